The van der Waals surface area contributed by atoms with E-state index in [9.17, 15) is 9.59 Å². The molecular formula is C20H22N2O4. The summed E-state index contributed by atoms with van der Waals surface area (Å²) in [6, 6.07) is 15.5. The van der Waals surface area contributed by atoms with E-state index in [-0.39, 0.29) is 5.91 Å². The number of alkyl carbamates (subject to hydrolysis) is 1. The van der Waals surface area contributed by atoms with Crippen LogP contribution in [0.3, 0.4) is 0 Å². The molecule has 1 heterocycles. The van der Waals surface area contributed by atoms with Crippen LogP contribution in [0.15, 0.2) is 54.6 Å². The molecule has 0 aromatic heterocycles. The summed E-state index contributed by atoms with van der Waals surface area (Å²) in [4.78, 5) is 25.1. The van der Waals surface area contributed by atoms with Gasteiger partial charge < -0.3 is 20.1 Å². The third-order valence-electron chi connectivity index (χ3n) is 3.78. The fourth-order valence-corrected chi connectivity index (χ4v) is 2.70. The van der Waals surface area contributed by atoms with E-state index in [1.54, 1.807) is 32.9 Å². The van der Waals surface area contributed by atoms with Gasteiger partial charge in [0.25, 0.3) is 5.91 Å². The highest BCUT2D eigenvalue weighted by Gasteiger charge is 2.37. The zero-order valence-corrected chi connectivity index (χ0v) is 15.0. The van der Waals surface area contributed by atoms with Crippen LogP contribution in [0.4, 0.5) is 10.5 Å². The van der Waals surface area contributed by atoms with E-state index in [0.29, 0.717) is 11.4 Å². The van der Waals surface area contributed by atoms with Crippen molar-refractivity contribution in [2.75, 3.05) is 5.32 Å². The molecule has 6 heteroatoms. The van der Waals surface area contributed by atoms with Crippen LogP contribution < -0.4 is 15.4 Å². The number of benzene rings is 2. The van der Waals surface area contributed by atoms with Crippen LogP contribution in [-0.2, 0) is 9.53 Å². The van der Waals surface area contributed by atoms with Gasteiger partial charge in [0.05, 0.1) is 5.69 Å². The SMILES string of the molecule is CC(C)(C)OC(=O)N[C@H]1C(=O)Nc2ccccc2O[C@H]1c1ccccc1. The molecule has 2 atom stereocenters. The quantitative estimate of drug-likeness (QED) is 0.863. The zero-order chi connectivity index (χ0) is 18.7. The van der Waals surface area contributed by atoms with E-state index < -0.39 is 23.8 Å². The Labute approximate surface area is 152 Å². The first kappa shape index (κ1) is 17.8. The Morgan fingerprint density at radius 2 is 1.73 bits per heavy atom. The van der Waals surface area contributed by atoms with Crippen molar-refractivity contribution >= 4 is 17.7 Å². The monoisotopic (exact) mass is 354 g/mol. The number of fused-ring (bicyclic) bond motifs is 1. The molecule has 136 valence electrons. The molecule has 0 saturated heterocycles. The summed E-state index contributed by atoms with van der Waals surface area (Å²) in [5.74, 6) is 0.179. The number of hydrogen-bond donors (Lipinski definition) is 2. The fraction of sp³-hybridized carbons (Fsp3) is 0.300. The molecule has 2 aromatic carbocycles. The van der Waals surface area contributed by atoms with Gasteiger partial charge in [-0.3, -0.25) is 4.79 Å². The first-order valence-electron chi connectivity index (χ1n) is 8.44. The third kappa shape index (κ3) is 4.14. The summed E-state index contributed by atoms with van der Waals surface area (Å²) in [5, 5.41) is 5.46. The topological polar surface area (TPSA) is 76.7 Å². The van der Waals surface area contributed by atoms with Crippen molar-refractivity contribution in [1.82, 2.24) is 5.32 Å². The van der Waals surface area contributed by atoms with Crippen LogP contribution in [0.25, 0.3) is 0 Å². The summed E-state index contributed by atoms with van der Waals surface area (Å²) >= 11 is 0. The van der Waals surface area contributed by atoms with Gasteiger partial charge in [0, 0.05) is 0 Å². The van der Waals surface area contributed by atoms with E-state index in [4.69, 9.17) is 9.47 Å². The normalized spacial score (nSPS) is 19.4. The maximum absolute atomic E-state index is 12.8. The molecule has 3 rings (SSSR count). The number of para-hydroxylation sites is 2. The summed E-state index contributed by atoms with van der Waals surface area (Å²) in [6.45, 7) is 5.29. The van der Waals surface area contributed by atoms with Gasteiger partial charge in [-0.05, 0) is 38.5 Å². The maximum Gasteiger partial charge on any atom is 0.408 e. The second-order valence-corrected chi connectivity index (χ2v) is 7.06. The van der Waals surface area contributed by atoms with Gasteiger partial charge in [-0.1, -0.05) is 42.5 Å². The Bertz CT molecular complexity index is 799. The highest BCUT2D eigenvalue weighted by Crippen LogP contribution is 2.34. The molecule has 2 amide bonds. The van der Waals surface area contributed by atoms with Crippen molar-refractivity contribution in [2.24, 2.45) is 0 Å². The van der Waals surface area contributed by atoms with Gasteiger partial charge in [-0.15, -0.1) is 0 Å². The molecular weight excluding hydrogens is 332 g/mol. The van der Waals surface area contributed by atoms with Crippen LogP contribution in [0, 0.1) is 0 Å². The van der Waals surface area contributed by atoms with Gasteiger partial charge >= 0.3 is 6.09 Å². The van der Waals surface area contributed by atoms with Crippen molar-refractivity contribution in [3.05, 3.63) is 60.2 Å². The Morgan fingerprint density at radius 1 is 1.08 bits per heavy atom. The number of carbonyl (C=O) groups is 2. The van der Waals surface area contributed by atoms with Gasteiger partial charge in [0.15, 0.2) is 12.1 Å². The molecule has 0 unspecified atom stereocenters. The summed E-state index contributed by atoms with van der Waals surface area (Å²) in [5.41, 5.74) is 0.671. The molecule has 0 saturated carbocycles. The smallest absolute Gasteiger partial charge is 0.408 e. The number of amides is 2. The average molecular weight is 354 g/mol. The lowest BCUT2D eigenvalue weighted by Gasteiger charge is -2.27. The van der Waals surface area contributed by atoms with E-state index in [2.05, 4.69) is 10.6 Å². The van der Waals surface area contributed by atoms with Gasteiger partial charge in [0.1, 0.15) is 11.4 Å². The summed E-state index contributed by atoms with van der Waals surface area (Å²) < 4.78 is 11.4. The fourth-order valence-electron chi connectivity index (χ4n) is 2.70. The molecule has 0 radical (unpaired) electrons. The Balaban J connectivity index is 1.94. The number of ether oxygens (including phenoxy) is 2. The molecule has 1 aliphatic rings. The largest absolute Gasteiger partial charge is 0.481 e. The second-order valence-electron chi connectivity index (χ2n) is 7.06. The molecule has 0 aliphatic carbocycles. The Kier molecular flexibility index (Phi) is 4.84. The molecule has 0 bridgehead atoms. The average Bonchev–Trinajstić information content (AvgIpc) is 2.71. The predicted molar refractivity (Wildman–Crippen MR) is 98.0 cm³/mol. The standard InChI is InChI=1S/C20H22N2O4/c1-20(2,3)26-19(24)22-16-17(13-9-5-4-6-10-13)25-15-12-8-7-11-14(15)21-18(16)23/h4-12,16-17H,1-3H3,(H,21,23)(H,22,24)/t16-,17+/m1/s1. The Morgan fingerprint density at radius 3 is 2.42 bits per heavy atom. The van der Waals surface area contributed by atoms with Gasteiger partial charge in [-0.2, -0.15) is 0 Å². The molecule has 0 fully saturated rings. The number of nitrogens with one attached hydrogen (secondary N) is 2. The predicted octanol–water partition coefficient (Wildman–Crippen LogP) is 3.65. The minimum Gasteiger partial charge on any atom is -0.481 e. The van der Waals surface area contributed by atoms with E-state index in [1.807, 2.05) is 42.5 Å². The summed E-state index contributed by atoms with van der Waals surface area (Å²) in [7, 11) is 0. The lowest BCUT2D eigenvalue weighted by Crippen LogP contribution is -2.49. The second kappa shape index (κ2) is 7.07. The van der Waals surface area contributed by atoms with Crippen LogP contribution in [0.5, 0.6) is 5.75 Å². The Hall–Kier alpha value is -3.02. The molecule has 6 nitrogen and oxygen atoms in total. The number of hydrogen-bond acceptors (Lipinski definition) is 4. The first-order valence-corrected chi connectivity index (χ1v) is 8.44. The van der Waals surface area contributed by atoms with Gasteiger partial charge in [0.2, 0.25) is 0 Å². The molecule has 1 aliphatic heterocycles. The van der Waals surface area contributed by atoms with Crippen LogP contribution in [-0.4, -0.2) is 23.6 Å². The highest BCUT2D eigenvalue weighted by atomic mass is 16.6. The highest BCUT2D eigenvalue weighted by molar-refractivity contribution is 5.99. The van der Waals surface area contributed by atoms with E-state index in [1.165, 1.54) is 0 Å². The first-order chi connectivity index (χ1) is 12.3. The number of carbonyl (C=O) groups excluding carboxylic acids is 2. The van der Waals surface area contributed by atoms with Crippen molar-refractivity contribution in [2.45, 2.75) is 38.5 Å². The van der Waals surface area contributed by atoms with E-state index >= 15 is 0 Å². The van der Waals surface area contributed by atoms with Crippen molar-refractivity contribution < 1.29 is 19.1 Å². The maximum atomic E-state index is 12.8. The van der Waals surface area contributed by atoms with Crippen molar-refractivity contribution in [1.29, 1.82) is 0 Å². The minimum absolute atomic E-state index is 0.366. The van der Waals surface area contributed by atoms with Crippen molar-refractivity contribution in [3.63, 3.8) is 0 Å². The third-order valence-corrected chi connectivity index (χ3v) is 3.78. The molecule has 0 spiro atoms. The summed E-state index contributed by atoms with van der Waals surface area (Å²) in [6.07, 6.45) is -1.36. The minimum atomic E-state index is -0.945. The van der Waals surface area contributed by atoms with Crippen LogP contribution >= 0.6 is 0 Å². The van der Waals surface area contributed by atoms with Crippen molar-refractivity contribution in [3.8, 4) is 5.75 Å². The lowest BCUT2D eigenvalue weighted by atomic mass is 10.0. The van der Waals surface area contributed by atoms with Crippen LogP contribution in [0.1, 0.15) is 32.4 Å². The van der Waals surface area contributed by atoms with Crippen LogP contribution in [0.2, 0.25) is 0 Å². The van der Waals surface area contributed by atoms with Gasteiger partial charge in [-0.25, -0.2) is 4.79 Å². The van der Waals surface area contributed by atoms with E-state index in [0.717, 1.165) is 5.56 Å². The number of rotatable bonds is 2. The molecule has 2 aromatic rings. The molecule has 26 heavy (non-hydrogen) atoms. The number of anilines is 1. The molecule has 2 N–H and O–H groups in total. The lowest BCUT2D eigenvalue weighted by molar-refractivity contribution is -0.120. The zero-order valence-electron chi connectivity index (χ0n) is 15.0.